The zero-order valence-electron chi connectivity index (χ0n) is 24.5. The van der Waals surface area contributed by atoms with Gasteiger partial charge in [-0.3, -0.25) is 9.59 Å². The van der Waals surface area contributed by atoms with Crippen molar-refractivity contribution >= 4 is 11.8 Å². The second-order valence-corrected chi connectivity index (χ2v) is 11.5. The summed E-state index contributed by atoms with van der Waals surface area (Å²) in [5.41, 5.74) is 5.63. The van der Waals surface area contributed by atoms with Gasteiger partial charge in [0.15, 0.2) is 0 Å². The van der Waals surface area contributed by atoms with E-state index >= 15 is 0 Å². The monoisotopic (exact) mass is 510 g/mol. The smallest absolute Gasteiger partial charge is 0.312 e. The van der Waals surface area contributed by atoms with Crippen LogP contribution in [0.25, 0.3) is 0 Å². The first-order valence-corrected chi connectivity index (χ1v) is 14.0. The largest absolute Gasteiger partial charge is 0.426 e. The van der Waals surface area contributed by atoms with Gasteiger partial charge in [-0.1, -0.05) is 49.6 Å². The van der Waals surface area contributed by atoms with E-state index in [-0.39, 0.29) is 23.6 Å². The molecule has 2 atom stereocenters. The maximum Gasteiger partial charge on any atom is 0.312 e. The lowest BCUT2D eigenvalue weighted by Gasteiger charge is -2.33. The molecule has 1 aliphatic carbocycles. The summed E-state index contributed by atoms with van der Waals surface area (Å²) in [6, 6.07) is 4.28. The van der Waals surface area contributed by atoms with Crippen LogP contribution >= 0.6 is 0 Å². The molecule has 0 N–H and O–H groups in total. The number of carbonyl (C=O) groups is 2. The zero-order chi connectivity index (χ0) is 27.5. The second-order valence-electron chi connectivity index (χ2n) is 11.5. The van der Waals surface area contributed by atoms with Crippen LogP contribution in [0.3, 0.4) is 0 Å². The van der Waals surface area contributed by atoms with E-state index in [4.69, 9.17) is 4.74 Å². The summed E-state index contributed by atoms with van der Waals surface area (Å²) in [5.74, 6) is 0.923. The van der Waals surface area contributed by atoms with Crippen LogP contribution in [-0.2, 0) is 22.4 Å². The van der Waals surface area contributed by atoms with Crippen LogP contribution in [0.5, 0.6) is 5.75 Å². The minimum absolute atomic E-state index is 0.0456. The van der Waals surface area contributed by atoms with Gasteiger partial charge in [0.2, 0.25) is 0 Å². The summed E-state index contributed by atoms with van der Waals surface area (Å²) < 4.78 is 6.14. The number of benzene rings is 1. The van der Waals surface area contributed by atoms with Crippen molar-refractivity contribution in [2.45, 2.75) is 84.5 Å². The fourth-order valence-corrected chi connectivity index (χ4v) is 5.12. The zero-order valence-corrected chi connectivity index (χ0v) is 24.5. The van der Waals surface area contributed by atoms with Crippen molar-refractivity contribution in [3.05, 3.63) is 52.6 Å². The quantitative estimate of drug-likeness (QED) is 0.119. The van der Waals surface area contributed by atoms with Crippen molar-refractivity contribution in [2.24, 2.45) is 5.92 Å². The molecule has 0 radical (unpaired) electrons. The normalized spacial score (nSPS) is 17.7. The summed E-state index contributed by atoms with van der Waals surface area (Å²) >= 11 is 0. The molecule has 206 valence electrons. The van der Waals surface area contributed by atoms with Crippen LogP contribution in [0.4, 0.5) is 0 Å². The number of unbranched alkanes of at least 4 members (excludes halogenated alkanes) is 2. The van der Waals surface area contributed by atoms with E-state index in [1.54, 1.807) is 0 Å². The molecule has 0 fully saturated rings. The third kappa shape index (κ3) is 10.2. The maximum absolute atomic E-state index is 13.1. The molecule has 0 spiro atoms. The minimum Gasteiger partial charge on any atom is -0.426 e. The average molecular weight is 511 g/mol. The van der Waals surface area contributed by atoms with Crippen LogP contribution in [0.1, 0.15) is 88.3 Å². The second kappa shape index (κ2) is 15.2. The van der Waals surface area contributed by atoms with Crippen molar-refractivity contribution in [2.75, 3.05) is 41.3 Å². The molecule has 0 saturated carbocycles. The van der Waals surface area contributed by atoms with Crippen molar-refractivity contribution in [1.29, 1.82) is 0 Å². The van der Waals surface area contributed by atoms with Crippen LogP contribution in [0.2, 0.25) is 0 Å². The van der Waals surface area contributed by atoms with Gasteiger partial charge in [-0.2, -0.15) is 0 Å². The molecule has 0 aliphatic heterocycles. The molecule has 0 bridgehead atoms. The van der Waals surface area contributed by atoms with E-state index in [2.05, 4.69) is 45.6 Å². The first-order chi connectivity index (χ1) is 17.5. The van der Waals surface area contributed by atoms with E-state index < -0.39 is 0 Å². The van der Waals surface area contributed by atoms with Crippen molar-refractivity contribution in [3.63, 3.8) is 0 Å². The molecule has 0 heterocycles. The fourth-order valence-electron chi connectivity index (χ4n) is 5.12. The molecule has 37 heavy (non-hydrogen) atoms. The van der Waals surface area contributed by atoms with E-state index in [1.807, 2.05) is 38.0 Å². The molecule has 1 aromatic carbocycles. The predicted molar refractivity (Wildman–Crippen MR) is 154 cm³/mol. The van der Waals surface area contributed by atoms with Crippen molar-refractivity contribution < 1.29 is 14.3 Å². The SMILES string of the molecule is C=C(C)C1CCC(C)=CC1c1c(CC(=O)CCN(C)C)cc(CCCCC)cc1OC(=O)CCN(C)C. The number of ketones is 1. The number of hydrogen-bond acceptors (Lipinski definition) is 5. The minimum atomic E-state index is -0.228. The van der Waals surface area contributed by atoms with Gasteiger partial charge in [0.25, 0.3) is 0 Å². The van der Waals surface area contributed by atoms with Crippen LogP contribution in [-0.4, -0.2) is 62.8 Å². The summed E-state index contributed by atoms with van der Waals surface area (Å²) in [6.07, 6.45) is 9.86. The van der Waals surface area contributed by atoms with Gasteiger partial charge >= 0.3 is 5.97 Å². The maximum atomic E-state index is 13.1. The van der Waals surface area contributed by atoms with E-state index in [0.29, 0.717) is 31.6 Å². The molecule has 5 heteroatoms. The number of aryl methyl sites for hydroxylation is 1. The van der Waals surface area contributed by atoms with Gasteiger partial charge in [-0.25, -0.2) is 0 Å². The number of rotatable bonds is 15. The Hall–Kier alpha value is -2.24. The topological polar surface area (TPSA) is 49.9 Å². The molecule has 2 rings (SSSR count). The summed E-state index contributed by atoms with van der Waals surface area (Å²) in [4.78, 5) is 30.1. The predicted octanol–water partition coefficient (Wildman–Crippen LogP) is 6.36. The van der Waals surface area contributed by atoms with E-state index in [1.165, 1.54) is 5.57 Å². The Labute approximate surface area is 225 Å². The number of allylic oxidation sites excluding steroid dienone is 3. The average Bonchev–Trinajstić information content (AvgIpc) is 2.81. The summed E-state index contributed by atoms with van der Waals surface area (Å²) in [6.45, 7) is 12.1. The summed E-state index contributed by atoms with van der Waals surface area (Å²) in [7, 11) is 7.89. The third-order valence-electron chi connectivity index (χ3n) is 7.28. The molecule has 0 aromatic heterocycles. The number of ether oxygens (including phenoxy) is 1. The van der Waals surface area contributed by atoms with Crippen LogP contribution in [0, 0.1) is 5.92 Å². The highest BCUT2D eigenvalue weighted by Gasteiger charge is 2.31. The number of esters is 1. The standard InChI is InChI=1S/C32H50N2O3/c1-9-10-11-12-25-20-26(22-27(35)15-17-33(5)6)32(29-19-24(4)13-14-28(29)23(2)3)30(21-25)37-31(36)16-18-34(7)8/h19-21,28-29H,2,9-18,22H2,1,3-8H3. The highest BCUT2D eigenvalue weighted by atomic mass is 16.5. The highest BCUT2D eigenvalue weighted by molar-refractivity contribution is 5.82. The lowest BCUT2D eigenvalue weighted by atomic mass is 9.72. The van der Waals surface area contributed by atoms with Gasteiger partial charge in [0, 0.05) is 37.4 Å². The van der Waals surface area contributed by atoms with E-state index in [0.717, 1.165) is 67.3 Å². The number of hydrogen-bond donors (Lipinski definition) is 0. The Kier molecular flexibility index (Phi) is 12.8. The molecule has 1 aromatic rings. The lowest BCUT2D eigenvalue weighted by Crippen LogP contribution is -2.23. The Morgan fingerprint density at radius 1 is 1.05 bits per heavy atom. The Bertz CT molecular complexity index is 914. The van der Waals surface area contributed by atoms with Crippen LogP contribution < -0.4 is 4.74 Å². The molecular weight excluding hydrogens is 460 g/mol. The number of Topliss-reactive ketones (excluding diaryl/α,β-unsaturated/α-hetero) is 1. The van der Waals surface area contributed by atoms with Crippen molar-refractivity contribution in [3.8, 4) is 5.75 Å². The Morgan fingerprint density at radius 2 is 1.73 bits per heavy atom. The first-order valence-electron chi connectivity index (χ1n) is 14.0. The number of carbonyl (C=O) groups excluding carboxylic acids is 2. The van der Waals surface area contributed by atoms with Gasteiger partial charge in [0.1, 0.15) is 11.5 Å². The lowest BCUT2D eigenvalue weighted by molar-refractivity contribution is -0.134. The summed E-state index contributed by atoms with van der Waals surface area (Å²) in [5, 5.41) is 0. The molecule has 1 aliphatic rings. The van der Waals surface area contributed by atoms with Gasteiger partial charge in [0.05, 0.1) is 6.42 Å². The molecule has 2 unspecified atom stereocenters. The van der Waals surface area contributed by atoms with E-state index in [9.17, 15) is 9.59 Å². The molecule has 0 saturated heterocycles. The van der Waals surface area contributed by atoms with Gasteiger partial charge in [-0.15, -0.1) is 0 Å². The third-order valence-corrected chi connectivity index (χ3v) is 7.28. The fraction of sp³-hybridized carbons (Fsp3) is 0.625. The van der Waals surface area contributed by atoms with Crippen molar-refractivity contribution in [1.82, 2.24) is 9.80 Å². The van der Waals surface area contributed by atoms with Gasteiger partial charge in [-0.05, 0) is 90.8 Å². The molecule has 5 nitrogen and oxygen atoms in total. The molecule has 0 amide bonds. The first kappa shape index (κ1) is 31.0. The highest BCUT2D eigenvalue weighted by Crippen LogP contribution is 2.45. The van der Waals surface area contributed by atoms with Gasteiger partial charge < -0.3 is 14.5 Å². The number of nitrogens with zero attached hydrogens (tertiary/aromatic N) is 2. The van der Waals surface area contributed by atoms with Crippen LogP contribution in [0.15, 0.2) is 35.9 Å². The Balaban J connectivity index is 2.61. The molecular formula is C32H50N2O3. The Morgan fingerprint density at radius 3 is 2.35 bits per heavy atom.